The number of benzene rings is 7. The van der Waals surface area contributed by atoms with E-state index < -0.39 is 0 Å². The van der Waals surface area contributed by atoms with Gasteiger partial charge in [0.2, 0.25) is 0 Å². The summed E-state index contributed by atoms with van der Waals surface area (Å²) >= 11 is 0. The highest BCUT2D eigenvalue weighted by Gasteiger charge is 2.49. The summed E-state index contributed by atoms with van der Waals surface area (Å²) < 4.78 is 0. The van der Waals surface area contributed by atoms with Gasteiger partial charge in [0.15, 0.2) is 0 Å². The molecule has 0 saturated heterocycles. The van der Waals surface area contributed by atoms with Gasteiger partial charge in [-0.15, -0.1) is 0 Å². The van der Waals surface area contributed by atoms with Gasteiger partial charge in [0.25, 0.3) is 0 Å². The van der Waals surface area contributed by atoms with Crippen molar-refractivity contribution in [1.82, 2.24) is 4.98 Å². The first-order chi connectivity index (χ1) is 27.3. The zero-order valence-electron chi connectivity index (χ0n) is 30.5. The summed E-state index contributed by atoms with van der Waals surface area (Å²) in [5.74, 6) is 0.304. The van der Waals surface area contributed by atoms with Gasteiger partial charge in [0.1, 0.15) is 0 Å². The highest BCUT2D eigenvalue weighted by atomic mass is 14.7. The third-order valence-electron chi connectivity index (χ3n) is 11.6. The van der Waals surface area contributed by atoms with Crippen LogP contribution in [0.25, 0.3) is 67.0 Å². The Morgan fingerprint density at radius 2 is 0.927 bits per heavy atom. The number of hydrogen-bond acceptors (Lipinski definition) is 1. The van der Waals surface area contributed by atoms with Crippen LogP contribution in [0.15, 0.2) is 218 Å². The van der Waals surface area contributed by atoms with Gasteiger partial charge in [-0.05, 0) is 97.8 Å². The first kappa shape index (κ1) is 32.8. The van der Waals surface area contributed by atoms with E-state index in [2.05, 4.69) is 218 Å². The number of hydrogen-bond donors (Lipinski definition) is 0. The van der Waals surface area contributed by atoms with Gasteiger partial charge >= 0.3 is 0 Å². The van der Waals surface area contributed by atoms with Gasteiger partial charge in [-0.2, -0.15) is 0 Å². The highest BCUT2D eigenvalue weighted by Crippen LogP contribution is 2.58. The summed E-state index contributed by atoms with van der Waals surface area (Å²) in [5, 5.41) is 0. The highest BCUT2D eigenvalue weighted by molar-refractivity contribution is 5.87. The Hall–Kier alpha value is -6.83. The molecule has 0 radical (unpaired) electrons. The van der Waals surface area contributed by atoms with Crippen LogP contribution in [-0.2, 0) is 5.41 Å². The van der Waals surface area contributed by atoms with Crippen LogP contribution < -0.4 is 0 Å². The minimum atomic E-state index is -0.281. The van der Waals surface area contributed by atoms with Crippen LogP contribution in [0, 0.1) is 5.92 Å². The molecule has 1 nitrogen and oxygen atoms in total. The van der Waals surface area contributed by atoms with E-state index in [1.807, 2.05) is 0 Å². The number of nitrogens with zero attached hydrogens (tertiary/aromatic N) is 1. The summed E-state index contributed by atoms with van der Waals surface area (Å²) in [6.45, 7) is 0. The Balaban J connectivity index is 1.03. The molecule has 2 atom stereocenters. The SMILES string of the molecule is C1=CCC(C2(c3ccccc3)c3ccccc3-c3ccc(-c4ccc(-c5cccc(-c6cc(-c7ccccc7)cc(-c7ccccc7)n6)c5)cc4)cc32)C=C1. The van der Waals surface area contributed by atoms with Gasteiger partial charge < -0.3 is 0 Å². The average Bonchev–Trinajstić information content (AvgIpc) is 3.58. The molecule has 2 aliphatic rings. The zero-order valence-corrected chi connectivity index (χ0v) is 30.5. The topological polar surface area (TPSA) is 12.9 Å². The van der Waals surface area contributed by atoms with Crippen LogP contribution >= 0.6 is 0 Å². The molecule has 8 aromatic rings. The molecular weight excluding hydrogens is 663 g/mol. The number of fused-ring (bicyclic) bond motifs is 3. The molecule has 1 heteroatoms. The number of allylic oxidation sites excluding steroid dienone is 4. The maximum atomic E-state index is 5.19. The summed E-state index contributed by atoms with van der Waals surface area (Å²) in [4.78, 5) is 5.19. The minimum absolute atomic E-state index is 0.281. The van der Waals surface area contributed by atoms with E-state index in [-0.39, 0.29) is 5.41 Å². The van der Waals surface area contributed by atoms with Gasteiger partial charge in [0, 0.05) is 11.1 Å². The van der Waals surface area contributed by atoms with Crippen molar-refractivity contribution in [3.05, 3.63) is 235 Å². The Morgan fingerprint density at radius 1 is 0.382 bits per heavy atom. The second kappa shape index (κ2) is 13.9. The Morgan fingerprint density at radius 3 is 1.64 bits per heavy atom. The van der Waals surface area contributed by atoms with Crippen molar-refractivity contribution in [1.29, 1.82) is 0 Å². The predicted octanol–water partition coefficient (Wildman–Crippen LogP) is 13.9. The Bertz CT molecular complexity index is 2650. The smallest absolute Gasteiger partial charge is 0.0715 e. The van der Waals surface area contributed by atoms with Crippen molar-refractivity contribution in [2.24, 2.45) is 5.92 Å². The number of pyridine rings is 1. The average molecular weight is 702 g/mol. The Labute approximate surface area is 323 Å². The number of aromatic nitrogens is 1. The fraction of sp³-hybridized carbons (Fsp3) is 0.0556. The fourth-order valence-electron chi connectivity index (χ4n) is 8.96. The normalized spacial score (nSPS) is 16.8. The third-order valence-corrected chi connectivity index (χ3v) is 11.6. The molecule has 2 unspecified atom stereocenters. The molecule has 0 bridgehead atoms. The summed E-state index contributed by atoms with van der Waals surface area (Å²) in [6, 6.07) is 70.6. The first-order valence-corrected chi connectivity index (χ1v) is 19.2. The molecular formula is C54H39N. The largest absolute Gasteiger partial charge is 0.248 e. The molecule has 7 aromatic carbocycles. The van der Waals surface area contributed by atoms with Crippen molar-refractivity contribution in [2.75, 3.05) is 0 Å². The standard InChI is InChI=1S/C54H39N/c1-5-16-38(17-6-1)45-36-52(41-18-7-2-8-19-41)55-53(37-45)44-21-15-20-42(34-44)39-28-30-40(31-29-39)43-32-33-49-48-26-13-14-27-50(48)54(51(49)35-43,46-22-9-3-10-23-46)47-24-11-4-12-25-47/h1-24,26-37,47H,25H2. The maximum Gasteiger partial charge on any atom is 0.0715 e. The number of rotatable bonds is 7. The molecule has 260 valence electrons. The first-order valence-electron chi connectivity index (χ1n) is 19.2. The monoisotopic (exact) mass is 701 g/mol. The van der Waals surface area contributed by atoms with Crippen molar-refractivity contribution >= 4 is 0 Å². The minimum Gasteiger partial charge on any atom is -0.248 e. The van der Waals surface area contributed by atoms with Crippen LogP contribution in [0.5, 0.6) is 0 Å². The van der Waals surface area contributed by atoms with E-state index in [9.17, 15) is 0 Å². The van der Waals surface area contributed by atoms with Gasteiger partial charge in [-0.25, -0.2) is 4.98 Å². The molecule has 10 rings (SSSR count). The van der Waals surface area contributed by atoms with Crippen LogP contribution in [-0.4, -0.2) is 4.98 Å². The fourth-order valence-corrected chi connectivity index (χ4v) is 8.96. The van der Waals surface area contributed by atoms with Crippen LogP contribution in [0.3, 0.4) is 0 Å². The predicted molar refractivity (Wildman–Crippen MR) is 230 cm³/mol. The lowest BCUT2D eigenvalue weighted by Gasteiger charge is -2.39. The molecule has 1 aromatic heterocycles. The lowest BCUT2D eigenvalue weighted by molar-refractivity contribution is 0.457. The maximum absolute atomic E-state index is 5.19. The van der Waals surface area contributed by atoms with Crippen LogP contribution in [0.2, 0.25) is 0 Å². The van der Waals surface area contributed by atoms with Gasteiger partial charge in [-0.1, -0.05) is 194 Å². The van der Waals surface area contributed by atoms with E-state index in [4.69, 9.17) is 4.98 Å². The van der Waals surface area contributed by atoms with Crippen molar-refractivity contribution in [2.45, 2.75) is 11.8 Å². The molecule has 1 heterocycles. The van der Waals surface area contributed by atoms with Gasteiger partial charge in [0.05, 0.1) is 16.8 Å². The van der Waals surface area contributed by atoms with Crippen molar-refractivity contribution in [3.8, 4) is 67.0 Å². The molecule has 0 amide bonds. The molecule has 0 N–H and O–H groups in total. The molecule has 0 spiro atoms. The second-order valence-corrected chi connectivity index (χ2v) is 14.7. The van der Waals surface area contributed by atoms with Crippen molar-refractivity contribution < 1.29 is 0 Å². The van der Waals surface area contributed by atoms with E-state index in [0.717, 1.165) is 34.5 Å². The van der Waals surface area contributed by atoms with Crippen LogP contribution in [0.4, 0.5) is 0 Å². The lowest BCUT2D eigenvalue weighted by atomic mass is 9.62. The molecule has 0 saturated carbocycles. The lowest BCUT2D eigenvalue weighted by Crippen LogP contribution is -2.35. The summed E-state index contributed by atoms with van der Waals surface area (Å²) in [5.41, 5.74) is 17.8. The molecule has 2 aliphatic carbocycles. The Kier molecular flexibility index (Phi) is 8.26. The molecule has 55 heavy (non-hydrogen) atoms. The van der Waals surface area contributed by atoms with E-state index in [1.165, 1.54) is 55.6 Å². The van der Waals surface area contributed by atoms with Gasteiger partial charge in [-0.3, -0.25) is 0 Å². The van der Waals surface area contributed by atoms with E-state index in [1.54, 1.807) is 0 Å². The van der Waals surface area contributed by atoms with E-state index in [0.29, 0.717) is 5.92 Å². The molecule has 0 aliphatic heterocycles. The third kappa shape index (κ3) is 5.77. The van der Waals surface area contributed by atoms with E-state index >= 15 is 0 Å². The quantitative estimate of drug-likeness (QED) is 0.161. The second-order valence-electron chi connectivity index (χ2n) is 14.7. The summed E-state index contributed by atoms with van der Waals surface area (Å²) in [7, 11) is 0. The summed E-state index contributed by atoms with van der Waals surface area (Å²) in [6.07, 6.45) is 10.2. The van der Waals surface area contributed by atoms with Crippen molar-refractivity contribution in [3.63, 3.8) is 0 Å². The van der Waals surface area contributed by atoms with Crippen LogP contribution in [0.1, 0.15) is 23.1 Å². The molecule has 0 fully saturated rings. The zero-order chi connectivity index (χ0) is 36.6.